The molecule has 0 radical (unpaired) electrons. The first kappa shape index (κ1) is 17.7. The average Bonchev–Trinajstić information content (AvgIpc) is 3.42. The molecule has 2 aromatic rings. The van der Waals surface area contributed by atoms with E-state index in [1.165, 1.54) is 16.6 Å². The summed E-state index contributed by atoms with van der Waals surface area (Å²) in [6.07, 6.45) is 3.29. The zero-order valence-corrected chi connectivity index (χ0v) is 15.9. The predicted molar refractivity (Wildman–Crippen MR) is 97.7 cm³/mol. The molecular weight excluding hydrogens is 374 g/mol. The van der Waals surface area contributed by atoms with E-state index in [1.54, 1.807) is 11.3 Å². The van der Waals surface area contributed by atoms with E-state index >= 15 is 0 Å². The van der Waals surface area contributed by atoms with E-state index < -0.39 is 10.0 Å². The molecule has 1 atom stereocenters. The molecule has 2 saturated heterocycles. The highest BCUT2D eigenvalue weighted by molar-refractivity contribution is 7.89. The number of nitrogens with one attached hydrogen (secondary N) is 1. The predicted octanol–water partition coefficient (Wildman–Crippen LogP) is 2.07. The van der Waals surface area contributed by atoms with Gasteiger partial charge in [-0.1, -0.05) is 0 Å². The van der Waals surface area contributed by atoms with Gasteiger partial charge in [0.15, 0.2) is 0 Å². The first-order valence-corrected chi connectivity index (χ1v) is 11.0. The van der Waals surface area contributed by atoms with Crippen LogP contribution in [0.2, 0.25) is 0 Å². The zero-order chi connectivity index (χ0) is 18.1. The lowest BCUT2D eigenvalue weighted by molar-refractivity contribution is 0.0727. The second kappa shape index (κ2) is 7.15. The van der Waals surface area contributed by atoms with Crippen LogP contribution in [0.15, 0.2) is 34.0 Å². The summed E-state index contributed by atoms with van der Waals surface area (Å²) in [7, 11) is -3.60. The molecule has 1 amide bonds. The maximum absolute atomic E-state index is 12.9. The molecule has 0 unspecified atom stereocenters. The molecule has 2 aliphatic heterocycles. The number of likely N-dealkylation sites (tertiary alicyclic amines) is 1. The number of hydrogen-bond acceptors (Lipinski definition) is 5. The minimum absolute atomic E-state index is 0.0661. The van der Waals surface area contributed by atoms with Crippen molar-refractivity contribution in [2.24, 2.45) is 0 Å². The van der Waals surface area contributed by atoms with Gasteiger partial charge in [-0.15, -0.1) is 0 Å². The molecule has 4 rings (SSSR count). The first-order chi connectivity index (χ1) is 12.6. The first-order valence-electron chi connectivity index (χ1n) is 8.67. The van der Waals surface area contributed by atoms with Crippen LogP contribution in [-0.2, 0) is 14.8 Å². The van der Waals surface area contributed by atoms with Crippen LogP contribution >= 0.6 is 11.3 Å². The zero-order valence-electron chi connectivity index (χ0n) is 14.3. The van der Waals surface area contributed by atoms with E-state index in [1.807, 2.05) is 16.3 Å². The molecule has 140 valence electrons. The van der Waals surface area contributed by atoms with Crippen LogP contribution in [0.5, 0.6) is 0 Å². The number of carbonyl (C=O) groups excluding carboxylic acids is 1. The number of aromatic amines is 1. The Hall–Kier alpha value is -1.68. The molecule has 0 saturated carbocycles. The van der Waals surface area contributed by atoms with Crippen molar-refractivity contribution < 1.29 is 17.9 Å². The summed E-state index contributed by atoms with van der Waals surface area (Å²) in [6, 6.07) is 3.57. The third-order valence-corrected chi connectivity index (χ3v) is 7.51. The smallest absolute Gasteiger partial charge is 0.270 e. The van der Waals surface area contributed by atoms with Crippen molar-refractivity contribution in [3.63, 3.8) is 0 Å². The largest absolute Gasteiger partial charge is 0.379 e. The number of morpholine rings is 1. The molecule has 4 heterocycles. The lowest BCUT2D eigenvalue weighted by Crippen LogP contribution is -2.40. The topological polar surface area (TPSA) is 82.7 Å². The molecule has 9 heteroatoms. The fourth-order valence-corrected chi connectivity index (χ4v) is 5.67. The fourth-order valence-electron chi connectivity index (χ4n) is 3.56. The molecule has 2 aromatic heterocycles. The third-order valence-electron chi connectivity index (χ3n) is 4.94. The minimum atomic E-state index is -3.60. The van der Waals surface area contributed by atoms with Crippen LogP contribution in [-0.4, -0.2) is 61.4 Å². The van der Waals surface area contributed by atoms with Gasteiger partial charge in [-0.2, -0.15) is 15.6 Å². The van der Waals surface area contributed by atoms with Gasteiger partial charge in [-0.25, -0.2) is 8.42 Å². The van der Waals surface area contributed by atoms with Crippen LogP contribution < -0.4 is 0 Å². The Balaban J connectivity index is 1.55. The van der Waals surface area contributed by atoms with E-state index in [-0.39, 0.29) is 16.8 Å². The Morgan fingerprint density at radius 2 is 2.08 bits per heavy atom. The van der Waals surface area contributed by atoms with Crippen molar-refractivity contribution in [1.82, 2.24) is 14.2 Å². The van der Waals surface area contributed by atoms with Gasteiger partial charge in [0.2, 0.25) is 10.0 Å². The maximum atomic E-state index is 12.9. The summed E-state index contributed by atoms with van der Waals surface area (Å²) in [4.78, 5) is 17.8. The van der Waals surface area contributed by atoms with Crippen molar-refractivity contribution in [3.8, 4) is 0 Å². The molecule has 26 heavy (non-hydrogen) atoms. The number of H-pyrrole nitrogens is 1. The molecule has 0 aromatic carbocycles. The Bertz CT molecular complexity index is 870. The van der Waals surface area contributed by atoms with Crippen molar-refractivity contribution in [2.45, 2.75) is 23.8 Å². The number of nitrogens with zero attached hydrogens (tertiary/aromatic N) is 2. The van der Waals surface area contributed by atoms with Gasteiger partial charge in [-0.3, -0.25) is 4.79 Å². The minimum Gasteiger partial charge on any atom is -0.379 e. The Morgan fingerprint density at radius 3 is 2.81 bits per heavy atom. The van der Waals surface area contributed by atoms with E-state index in [2.05, 4.69) is 10.4 Å². The summed E-state index contributed by atoms with van der Waals surface area (Å²) in [5, 5.41) is 4.08. The Morgan fingerprint density at radius 1 is 1.27 bits per heavy atom. The summed E-state index contributed by atoms with van der Waals surface area (Å²) < 4.78 is 32.1. The van der Waals surface area contributed by atoms with Gasteiger partial charge >= 0.3 is 0 Å². The fraction of sp³-hybridized carbons (Fsp3) is 0.471. The van der Waals surface area contributed by atoms with E-state index in [0.29, 0.717) is 38.5 Å². The lowest BCUT2D eigenvalue weighted by atomic mass is 10.1. The number of hydrogen-bond donors (Lipinski definition) is 1. The molecule has 7 nitrogen and oxygen atoms in total. The number of rotatable bonds is 4. The molecule has 0 spiro atoms. The van der Waals surface area contributed by atoms with Crippen LogP contribution in [0.25, 0.3) is 0 Å². The standard InChI is InChI=1S/C17H21N3O4S2/c21-17(20-4-1-2-16(20)13-3-9-25-12-13)15-10-14(11-18-15)26(22,23)19-5-7-24-8-6-19/h3,9-12,16,18H,1-2,4-8H2/t16-/m0/s1. The number of aromatic nitrogens is 1. The van der Waals surface area contributed by atoms with Crippen molar-refractivity contribution in [3.05, 3.63) is 40.3 Å². The van der Waals surface area contributed by atoms with Crippen LogP contribution in [0.1, 0.15) is 34.9 Å². The maximum Gasteiger partial charge on any atom is 0.270 e. The van der Waals surface area contributed by atoms with Gasteiger partial charge in [0.1, 0.15) is 10.6 Å². The quantitative estimate of drug-likeness (QED) is 0.859. The Labute approximate surface area is 156 Å². The lowest BCUT2D eigenvalue weighted by Gasteiger charge is -2.25. The summed E-state index contributed by atoms with van der Waals surface area (Å²) in [6.45, 7) is 2.15. The molecule has 0 bridgehead atoms. The molecular formula is C17H21N3O4S2. The summed E-state index contributed by atoms with van der Waals surface area (Å²) >= 11 is 1.62. The monoisotopic (exact) mass is 395 g/mol. The third kappa shape index (κ3) is 3.20. The average molecular weight is 396 g/mol. The van der Waals surface area contributed by atoms with Gasteiger partial charge in [0.05, 0.1) is 19.3 Å². The number of thiophene rings is 1. The highest BCUT2D eigenvalue weighted by Crippen LogP contribution is 2.34. The van der Waals surface area contributed by atoms with E-state index in [0.717, 1.165) is 18.4 Å². The van der Waals surface area contributed by atoms with Gasteiger partial charge < -0.3 is 14.6 Å². The van der Waals surface area contributed by atoms with Crippen molar-refractivity contribution in [1.29, 1.82) is 0 Å². The van der Waals surface area contributed by atoms with Crippen molar-refractivity contribution in [2.75, 3.05) is 32.8 Å². The summed E-state index contributed by atoms with van der Waals surface area (Å²) in [5.41, 5.74) is 1.47. The van der Waals surface area contributed by atoms with Crippen LogP contribution in [0.4, 0.5) is 0 Å². The highest BCUT2D eigenvalue weighted by atomic mass is 32.2. The SMILES string of the molecule is O=C(c1cc(S(=O)(=O)N2CCOCC2)c[nH]1)N1CCC[C@H]1c1ccsc1. The number of carbonyl (C=O) groups is 1. The number of amides is 1. The molecule has 2 fully saturated rings. The molecule has 0 aliphatic carbocycles. The second-order valence-corrected chi connectivity index (χ2v) is 9.20. The number of ether oxygens (including phenoxy) is 1. The van der Waals surface area contributed by atoms with Gasteiger partial charge in [0, 0.05) is 25.8 Å². The normalized spacial score (nSPS) is 22.0. The molecule has 2 aliphatic rings. The molecule has 1 N–H and O–H groups in total. The van der Waals surface area contributed by atoms with Crippen LogP contribution in [0, 0.1) is 0 Å². The number of sulfonamides is 1. The van der Waals surface area contributed by atoms with E-state index in [9.17, 15) is 13.2 Å². The van der Waals surface area contributed by atoms with E-state index in [4.69, 9.17) is 4.74 Å². The van der Waals surface area contributed by atoms with Gasteiger partial charge in [-0.05, 0) is 41.3 Å². The highest BCUT2D eigenvalue weighted by Gasteiger charge is 2.33. The van der Waals surface area contributed by atoms with Gasteiger partial charge in [0.25, 0.3) is 5.91 Å². The summed E-state index contributed by atoms with van der Waals surface area (Å²) in [5.74, 6) is -0.151. The van der Waals surface area contributed by atoms with Crippen molar-refractivity contribution >= 4 is 27.3 Å². The second-order valence-electron chi connectivity index (χ2n) is 6.48. The van der Waals surface area contributed by atoms with Crippen LogP contribution in [0.3, 0.4) is 0 Å². The Kier molecular flexibility index (Phi) is 4.87.